The van der Waals surface area contributed by atoms with Crippen molar-refractivity contribution in [3.63, 3.8) is 0 Å². The summed E-state index contributed by atoms with van der Waals surface area (Å²) in [6.07, 6.45) is -2.05. The third-order valence-electron chi connectivity index (χ3n) is 4.65. The minimum atomic E-state index is -4.21. The fourth-order valence-corrected chi connectivity index (χ4v) is 3.48. The van der Waals surface area contributed by atoms with E-state index in [4.69, 9.17) is 0 Å². The SMILES string of the molecule is CN1CCC(c2ccc(C(C(C)(C)C)C(F)(F)F)cc2)CC1. The molecule has 0 saturated carbocycles. The van der Waals surface area contributed by atoms with Gasteiger partial charge in [-0.05, 0) is 55.4 Å². The van der Waals surface area contributed by atoms with Crippen LogP contribution < -0.4 is 0 Å². The second-order valence-electron chi connectivity index (χ2n) is 7.58. The largest absolute Gasteiger partial charge is 0.396 e. The van der Waals surface area contributed by atoms with Gasteiger partial charge in [0.2, 0.25) is 0 Å². The maximum Gasteiger partial charge on any atom is 0.396 e. The van der Waals surface area contributed by atoms with Crippen molar-refractivity contribution < 1.29 is 13.2 Å². The van der Waals surface area contributed by atoms with Crippen LogP contribution >= 0.6 is 0 Å². The molecule has 0 N–H and O–H groups in total. The van der Waals surface area contributed by atoms with Crippen LogP contribution in [0.5, 0.6) is 0 Å². The molecule has 1 aliphatic heterocycles. The number of likely N-dealkylation sites (tertiary alicyclic amines) is 1. The summed E-state index contributed by atoms with van der Waals surface area (Å²) in [4.78, 5) is 2.30. The lowest BCUT2D eigenvalue weighted by Gasteiger charge is -2.33. The van der Waals surface area contributed by atoms with Crippen LogP contribution in [0.25, 0.3) is 0 Å². The standard InChI is InChI=1S/C18H26F3N/c1-17(2,3)16(18(19,20)21)15-7-5-13(6-8-15)14-9-11-22(4)12-10-14/h5-8,14,16H,9-12H2,1-4H3. The van der Waals surface area contributed by atoms with Gasteiger partial charge in [-0.25, -0.2) is 0 Å². The predicted molar refractivity (Wildman–Crippen MR) is 84.2 cm³/mol. The van der Waals surface area contributed by atoms with Crippen molar-refractivity contribution in [1.29, 1.82) is 0 Å². The number of rotatable bonds is 2. The Morgan fingerprint density at radius 3 is 1.91 bits per heavy atom. The number of halogens is 3. The highest BCUT2D eigenvalue weighted by molar-refractivity contribution is 5.30. The van der Waals surface area contributed by atoms with Crippen LogP contribution in [0.4, 0.5) is 13.2 Å². The van der Waals surface area contributed by atoms with Crippen LogP contribution in [0.1, 0.15) is 56.6 Å². The van der Waals surface area contributed by atoms with Crippen LogP contribution in [0, 0.1) is 5.41 Å². The van der Waals surface area contributed by atoms with Crippen molar-refractivity contribution in [2.24, 2.45) is 5.41 Å². The Bertz CT molecular complexity index is 463. The van der Waals surface area contributed by atoms with Gasteiger partial charge in [0.15, 0.2) is 0 Å². The first-order chi connectivity index (χ1) is 10.1. The fraction of sp³-hybridized carbons (Fsp3) is 0.667. The van der Waals surface area contributed by atoms with Gasteiger partial charge in [-0.2, -0.15) is 13.2 Å². The molecule has 1 saturated heterocycles. The molecule has 0 radical (unpaired) electrons. The van der Waals surface area contributed by atoms with Gasteiger partial charge in [0.25, 0.3) is 0 Å². The molecular weight excluding hydrogens is 287 g/mol. The second kappa shape index (κ2) is 6.23. The van der Waals surface area contributed by atoms with Crippen molar-refractivity contribution in [3.8, 4) is 0 Å². The van der Waals surface area contributed by atoms with Gasteiger partial charge < -0.3 is 4.90 Å². The molecule has 1 aromatic carbocycles. The lowest BCUT2D eigenvalue weighted by atomic mass is 9.75. The molecule has 1 atom stereocenters. The van der Waals surface area contributed by atoms with Crippen molar-refractivity contribution >= 4 is 0 Å². The Kier molecular flexibility index (Phi) is 4.90. The number of hydrogen-bond donors (Lipinski definition) is 0. The maximum absolute atomic E-state index is 13.4. The molecule has 1 nitrogen and oxygen atoms in total. The summed E-state index contributed by atoms with van der Waals surface area (Å²) in [6, 6.07) is 7.15. The van der Waals surface area contributed by atoms with Gasteiger partial charge in [-0.15, -0.1) is 0 Å². The molecular formula is C18H26F3N. The molecule has 1 aliphatic rings. The van der Waals surface area contributed by atoms with Gasteiger partial charge in [0.05, 0.1) is 5.92 Å². The van der Waals surface area contributed by atoms with Gasteiger partial charge in [-0.1, -0.05) is 45.0 Å². The van der Waals surface area contributed by atoms with E-state index in [-0.39, 0.29) is 0 Å². The maximum atomic E-state index is 13.4. The first-order valence-corrected chi connectivity index (χ1v) is 7.94. The molecule has 0 aliphatic carbocycles. The first kappa shape index (κ1) is 17.3. The smallest absolute Gasteiger partial charge is 0.306 e. The molecule has 1 unspecified atom stereocenters. The van der Waals surface area contributed by atoms with E-state index in [1.807, 2.05) is 12.1 Å². The topological polar surface area (TPSA) is 3.24 Å². The Labute approximate surface area is 131 Å². The first-order valence-electron chi connectivity index (χ1n) is 7.94. The molecule has 0 spiro atoms. The number of piperidine rings is 1. The average molecular weight is 313 g/mol. The van der Waals surface area contributed by atoms with E-state index < -0.39 is 17.5 Å². The zero-order valence-corrected chi connectivity index (χ0v) is 13.9. The van der Waals surface area contributed by atoms with Gasteiger partial charge in [-0.3, -0.25) is 0 Å². The molecule has 1 fully saturated rings. The summed E-state index contributed by atoms with van der Waals surface area (Å²) in [5.74, 6) is -0.948. The predicted octanol–water partition coefficient (Wildman–Crippen LogP) is 5.19. The zero-order chi connectivity index (χ0) is 16.5. The van der Waals surface area contributed by atoms with Gasteiger partial charge in [0, 0.05) is 0 Å². The fourth-order valence-electron chi connectivity index (χ4n) is 3.48. The number of hydrogen-bond acceptors (Lipinski definition) is 1. The van der Waals surface area contributed by atoms with E-state index in [1.54, 1.807) is 32.9 Å². The zero-order valence-electron chi connectivity index (χ0n) is 13.9. The molecule has 22 heavy (non-hydrogen) atoms. The summed E-state index contributed by atoms with van der Waals surface area (Å²) in [5.41, 5.74) is 0.705. The summed E-state index contributed by atoms with van der Waals surface area (Å²) in [7, 11) is 2.11. The lowest BCUT2D eigenvalue weighted by molar-refractivity contribution is -0.171. The van der Waals surface area contributed by atoms with E-state index in [1.165, 1.54) is 5.56 Å². The molecule has 4 heteroatoms. The summed E-state index contributed by atoms with van der Waals surface area (Å²) >= 11 is 0. The molecule has 0 bridgehead atoms. The summed E-state index contributed by atoms with van der Waals surface area (Å²) < 4.78 is 40.2. The molecule has 0 aromatic heterocycles. The van der Waals surface area contributed by atoms with E-state index in [9.17, 15) is 13.2 Å². The normalized spacial score (nSPS) is 20.1. The van der Waals surface area contributed by atoms with E-state index >= 15 is 0 Å². The monoisotopic (exact) mass is 313 g/mol. The third kappa shape index (κ3) is 4.03. The van der Waals surface area contributed by atoms with Crippen LogP contribution in [-0.4, -0.2) is 31.2 Å². The Morgan fingerprint density at radius 2 is 1.50 bits per heavy atom. The highest BCUT2D eigenvalue weighted by Gasteiger charge is 2.47. The molecule has 0 amide bonds. The molecule has 1 aromatic rings. The van der Waals surface area contributed by atoms with Crippen molar-refractivity contribution in [3.05, 3.63) is 35.4 Å². The molecule has 1 heterocycles. The van der Waals surface area contributed by atoms with Gasteiger partial charge in [0.1, 0.15) is 0 Å². The Morgan fingerprint density at radius 1 is 1.00 bits per heavy atom. The van der Waals surface area contributed by atoms with Gasteiger partial charge >= 0.3 is 6.18 Å². The van der Waals surface area contributed by atoms with E-state index in [0.717, 1.165) is 25.9 Å². The highest BCUT2D eigenvalue weighted by Crippen LogP contribution is 2.47. The minimum absolute atomic E-state index is 0.372. The quantitative estimate of drug-likeness (QED) is 0.726. The third-order valence-corrected chi connectivity index (χ3v) is 4.65. The molecule has 124 valence electrons. The van der Waals surface area contributed by atoms with Crippen molar-refractivity contribution in [2.75, 3.05) is 20.1 Å². The van der Waals surface area contributed by atoms with Crippen molar-refractivity contribution in [2.45, 2.75) is 51.6 Å². The van der Waals surface area contributed by atoms with Crippen molar-refractivity contribution in [1.82, 2.24) is 4.90 Å². The van der Waals surface area contributed by atoms with Crippen LogP contribution in [-0.2, 0) is 0 Å². The number of alkyl halides is 3. The van der Waals surface area contributed by atoms with Crippen LogP contribution in [0.15, 0.2) is 24.3 Å². The van der Waals surface area contributed by atoms with E-state index in [2.05, 4.69) is 11.9 Å². The Balaban J connectivity index is 2.20. The number of nitrogens with zero attached hydrogens (tertiary/aromatic N) is 1. The second-order valence-corrected chi connectivity index (χ2v) is 7.58. The number of benzene rings is 1. The summed E-state index contributed by atoms with van der Waals surface area (Å²) in [5, 5.41) is 0. The molecule has 2 rings (SSSR count). The lowest BCUT2D eigenvalue weighted by Crippen LogP contribution is -2.32. The van der Waals surface area contributed by atoms with E-state index in [0.29, 0.717) is 11.5 Å². The highest BCUT2D eigenvalue weighted by atomic mass is 19.4. The average Bonchev–Trinajstić information content (AvgIpc) is 2.37. The minimum Gasteiger partial charge on any atom is -0.306 e. The van der Waals surface area contributed by atoms with Crippen LogP contribution in [0.2, 0.25) is 0 Å². The summed E-state index contributed by atoms with van der Waals surface area (Å²) in [6.45, 7) is 7.06. The van der Waals surface area contributed by atoms with Crippen LogP contribution in [0.3, 0.4) is 0 Å². The Hall–Kier alpha value is -1.03.